The number of nitrogens with zero attached hydrogens (tertiary/aromatic N) is 3. The first-order valence-corrected chi connectivity index (χ1v) is 9.27. The van der Waals surface area contributed by atoms with Crippen LogP contribution < -0.4 is 4.74 Å². The molecule has 0 saturated carbocycles. The Labute approximate surface area is 150 Å². The minimum absolute atomic E-state index is 0.632. The van der Waals surface area contributed by atoms with Gasteiger partial charge in [0.05, 0.1) is 12.1 Å². The van der Waals surface area contributed by atoms with Crippen LogP contribution in [0.3, 0.4) is 0 Å². The van der Waals surface area contributed by atoms with Crippen LogP contribution in [-0.4, -0.2) is 27.0 Å². The zero-order chi connectivity index (χ0) is 17.2. The maximum Gasteiger partial charge on any atom is 0.196 e. The Morgan fingerprint density at radius 3 is 2.76 bits per heavy atom. The molecule has 4 aromatic rings. The zero-order valence-electron chi connectivity index (χ0n) is 14.3. The van der Waals surface area contributed by atoms with Gasteiger partial charge in [0.1, 0.15) is 5.75 Å². The SMILES string of the molecule is Cc1cccc(OCCSc2nnc3cc(C)c4ccccc4n23)c1. The summed E-state index contributed by atoms with van der Waals surface area (Å²) in [5, 5.41) is 10.8. The number of hydrogen-bond acceptors (Lipinski definition) is 4. The summed E-state index contributed by atoms with van der Waals surface area (Å²) >= 11 is 1.67. The Morgan fingerprint density at radius 2 is 1.88 bits per heavy atom. The van der Waals surface area contributed by atoms with Gasteiger partial charge in [-0.25, -0.2) is 0 Å². The molecule has 2 heterocycles. The molecule has 0 aliphatic rings. The van der Waals surface area contributed by atoms with E-state index in [-0.39, 0.29) is 0 Å². The van der Waals surface area contributed by atoms with Crippen molar-refractivity contribution in [2.75, 3.05) is 12.4 Å². The molecule has 0 N–H and O–H groups in total. The lowest BCUT2D eigenvalue weighted by Gasteiger charge is -2.08. The second-order valence-electron chi connectivity index (χ2n) is 6.03. The third-order valence-electron chi connectivity index (χ3n) is 4.15. The van der Waals surface area contributed by atoms with Crippen molar-refractivity contribution < 1.29 is 4.74 Å². The molecule has 2 aromatic heterocycles. The van der Waals surface area contributed by atoms with Crippen LogP contribution in [0.5, 0.6) is 5.75 Å². The highest BCUT2D eigenvalue weighted by Gasteiger charge is 2.11. The maximum atomic E-state index is 5.83. The van der Waals surface area contributed by atoms with E-state index in [1.165, 1.54) is 16.5 Å². The standard InChI is InChI=1S/C20H19N3OS/c1-14-6-5-7-16(12-14)24-10-11-25-20-22-21-19-13-15(2)17-8-3-4-9-18(17)23(19)20/h3-9,12-13H,10-11H2,1-2H3. The van der Waals surface area contributed by atoms with E-state index in [9.17, 15) is 0 Å². The Hall–Kier alpha value is -2.53. The minimum atomic E-state index is 0.632. The molecule has 0 radical (unpaired) electrons. The molecule has 4 nitrogen and oxygen atoms in total. The van der Waals surface area contributed by atoms with Crippen molar-refractivity contribution in [2.24, 2.45) is 0 Å². The summed E-state index contributed by atoms with van der Waals surface area (Å²) in [4.78, 5) is 0. The molecule has 0 saturated heterocycles. The molecule has 2 aromatic carbocycles. The number of benzene rings is 2. The number of aromatic nitrogens is 3. The predicted molar refractivity (Wildman–Crippen MR) is 103 cm³/mol. The third-order valence-corrected chi connectivity index (χ3v) is 5.04. The van der Waals surface area contributed by atoms with Gasteiger partial charge in [-0.3, -0.25) is 4.40 Å². The topological polar surface area (TPSA) is 39.4 Å². The Balaban J connectivity index is 1.53. The van der Waals surface area contributed by atoms with Gasteiger partial charge in [-0.1, -0.05) is 42.1 Å². The first-order valence-electron chi connectivity index (χ1n) is 8.28. The predicted octanol–water partition coefficient (Wildman–Crippen LogP) is 4.67. The molecular weight excluding hydrogens is 330 g/mol. The number of ether oxygens (including phenoxy) is 1. The van der Waals surface area contributed by atoms with Crippen molar-refractivity contribution in [1.82, 2.24) is 14.6 Å². The van der Waals surface area contributed by atoms with E-state index in [1.807, 2.05) is 18.2 Å². The fraction of sp³-hybridized carbons (Fsp3) is 0.200. The second kappa shape index (κ2) is 6.76. The number of thioether (sulfide) groups is 1. The number of rotatable bonds is 5. The highest BCUT2D eigenvalue weighted by Crippen LogP contribution is 2.25. The van der Waals surface area contributed by atoms with Crippen LogP contribution in [0.2, 0.25) is 0 Å². The summed E-state index contributed by atoms with van der Waals surface area (Å²) in [6.07, 6.45) is 0. The van der Waals surface area contributed by atoms with E-state index in [4.69, 9.17) is 4.74 Å². The largest absolute Gasteiger partial charge is 0.493 e. The van der Waals surface area contributed by atoms with E-state index in [1.54, 1.807) is 11.8 Å². The van der Waals surface area contributed by atoms with Crippen LogP contribution >= 0.6 is 11.8 Å². The van der Waals surface area contributed by atoms with Crippen LogP contribution in [-0.2, 0) is 0 Å². The molecular formula is C20H19N3OS. The summed E-state index contributed by atoms with van der Waals surface area (Å²) in [5.41, 5.74) is 4.45. The number of aryl methyl sites for hydroxylation is 2. The van der Waals surface area contributed by atoms with Crippen molar-refractivity contribution in [3.63, 3.8) is 0 Å². The van der Waals surface area contributed by atoms with Gasteiger partial charge < -0.3 is 4.74 Å². The van der Waals surface area contributed by atoms with Gasteiger partial charge >= 0.3 is 0 Å². The highest BCUT2D eigenvalue weighted by atomic mass is 32.2. The molecule has 126 valence electrons. The molecule has 0 aliphatic carbocycles. The summed E-state index contributed by atoms with van der Waals surface area (Å²) in [6.45, 7) is 4.81. The van der Waals surface area contributed by atoms with Crippen molar-refractivity contribution in [2.45, 2.75) is 19.0 Å². The lowest BCUT2D eigenvalue weighted by molar-refractivity contribution is 0.343. The summed E-state index contributed by atoms with van der Waals surface area (Å²) in [5.74, 6) is 1.73. The van der Waals surface area contributed by atoms with Gasteiger partial charge in [0.15, 0.2) is 10.8 Å². The molecule has 0 unspecified atom stereocenters. The van der Waals surface area contributed by atoms with Crippen LogP contribution in [0.25, 0.3) is 16.6 Å². The van der Waals surface area contributed by atoms with Crippen LogP contribution in [0, 0.1) is 13.8 Å². The molecule has 5 heteroatoms. The van der Waals surface area contributed by atoms with Gasteiger partial charge in [-0.2, -0.15) is 0 Å². The monoisotopic (exact) mass is 349 g/mol. The zero-order valence-corrected chi connectivity index (χ0v) is 15.1. The number of hydrogen-bond donors (Lipinski definition) is 0. The molecule has 0 bridgehead atoms. The Morgan fingerprint density at radius 1 is 1.00 bits per heavy atom. The van der Waals surface area contributed by atoms with E-state index in [0.717, 1.165) is 27.8 Å². The fourth-order valence-corrected chi connectivity index (χ4v) is 3.73. The summed E-state index contributed by atoms with van der Waals surface area (Å²) in [7, 11) is 0. The van der Waals surface area contributed by atoms with E-state index < -0.39 is 0 Å². The van der Waals surface area contributed by atoms with Gasteiger partial charge in [0, 0.05) is 11.1 Å². The van der Waals surface area contributed by atoms with Gasteiger partial charge in [0.2, 0.25) is 0 Å². The van der Waals surface area contributed by atoms with E-state index in [0.29, 0.717) is 6.61 Å². The van der Waals surface area contributed by atoms with E-state index in [2.05, 4.69) is 64.8 Å². The average molecular weight is 349 g/mol. The Kier molecular flexibility index (Phi) is 4.32. The van der Waals surface area contributed by atoms with Crippen molar-refractivity contribution in [3.05, 3.63) is 65.7 Å². The first kappa shape index (κ1) is 16.0. The van der Waals surface area contributed by atoms with Crippen molar-refractivity contribution >= 4 is 28.3 Å². The minimum Gasteiger partial charge on any atom is -0.493 e. The number of pyridine rings is 1. The molecule has 0 atom stereocenters. The summed E-state index contributed by atoms with van der Waals surface area (Å²) in [6, 6.07) is 18.6. The Bertz CT molecular complexity index is 1040. The average Bonchev–Trinajstić information content (AvgIpc) is 3.02. The van der Waals surface area contributed by atoms with Crippen LogP contribution in [0.1, 0.15) is 11.1 Å². The lowest BCUT2D eigenvalue weighted by Crippen LogP contribution is -2.01. The van der Waals surface area contributed by atoms with E-state index >= 15 is 0 Å². The molecule has 0 amide bonds. The fourth-order valence-electron chi connectivity index (χ4n) is 2.97. The molecule has 0 spiro atoms. The van der Waals surface area contributed by atoms with Crippen LogP contribution in [0.4, 0.5) is 0 Å². The first-order chi connectivity index (χ1) is 12.2. The number of fused-ring (bicyclic) bond motifs is 3. The molecule has 0 aliphatic heterocycles. The van der Waals surface area contributed by atoms with Crippen LogP contribution in [0.15, 0.2) is 59.8 Å². The van der Waals surface area contributed by atoms with Gasteiger partial charge in [-0.15, -0.1) is 10.2 Å². The smallest absolute Gasteiger partial charge is 0.196 e. The molecule has 0 fully saturated rings. The van der Waals surface area contributed by atoms with Crippen molar-refractivity contribution in [3.8, 4) is 5.75 Å². The lowest BCUT2D eigenvalue weighted by atomic mass is 10.1. The number of para-hydroxylation sites is 1. The third kappa shape index (κ3) is 3.20. The quantitative estimate of drug-likeness (QED) is 0.388. The van der Waals surface area contributed by atoms with Crippen molar-refractivity contribution in [1.29, 1.82) is 0 Å². The van der Waals surface area contributed by atoms with Gasteiger partial charge in [0.25, 0.3) is 0 Å². The highest BCUT2D eigenvalue weighted by molar-refractivity contribution is 7.99. The van der Waals surface area contributed by atoms with Gasteiger partial charge in [-0.05, 0) is 49.2 Å². The summed E-state index contributed by atoms with van der Waals surface area (Å²) < 4.78 is 7.95. The second-order valence-corrected chi connectivity index (χ2v) is 7.10. The normalized spacial score (nSPS) is 11.3. The molecule has 25 heavy (non-hydrogen) atoms. The maximum absolute atomic E-state index is 5.83. The molecule has 4 rings (SSSR count).